The Labute approximate surface area is 81.9 Å². The van der Waals surface area contributed by atoms with E-state index >= 15 is 0 Å². The van der Waals surface area contributed by atoms with Crippen LogP contribution in [0.15, 0.2) is 12.1 Å². The molecule has 1 heteroatoms. The van der Waals surface area contributed by atoms with Gasteiger partial charge in [-0.05, 0) is 0 Å². The van der Waals surface area contributed by atoms with Crippen LogP contribution in [0, 0.1) is 20.8 Å². The van der Waals surface area contributed by atoms with Gasteiger partial charge in [-0.15, -0.1) is 0 Å². The van der Waals surface area contributed by atoms with Gasteiger partial charge in [0, 0.05) is 0 Å². The van der Waals surface area contributed by atoms with E-state index in [9.17, 15) is 0 Å². The third-order valence-electron chi connectivity index (χ3n) is 1.77. The first-order valence-corrected chi connectivity index (χ1v) is 2.91. The molecule has 0 heterocycles. The fourth-order valence-electron chi connectivity index (χ4n) is 0.811. The second-order valence-electron chi connectivity index (χ2n) is 2.32. The maximum absolute atomic E-state index is 2.16. The van der Waals surface area contributed by atoms with Gasteiger partial charge in [0.25, 0.3) is 0 Å². The van der Waals surface area contributed by atoms with E-state index in [1.54, 1.807) is 0 Å². The summed E-state index contributed by atoms with van der Waals surface area (Å²) in [7, 11) is 0. The van der Waals surface area contributed by atoms with E-state index in [0.717, 1.165) is 0 Å². The van der Waals surface area contributed by atoms with Crippen LogP contribution in [0.1, 0.15) is 16.7 Å². The number of hydrogen-bond acceptors (Lipinski definition) is 0. The van der Waals surface area contributed by atoms with Gasteiger partial charge < -0.3 is 0 Å². The number of hydrogen-bond donors (Lipinski definition) is 0. The van der Waals surface area contributed by atoms with Gasteiger partial charge in [0.15, 0.2) is 0 Å². The van der Waals surface area contributed by atoms with Crippen molar-refractivity contribution >= 4 is 0 Å². The molecule has 0 saturated carbocycles. The molecule has 1 rings (SSSR count). The summed E-state index contributed by atoms with van der Waals surface area (Å²) in [5, 5.41) is 0. The predicted octanol–water partition coefficient (Wildman–Crippen LogP) is 2.33. The van der Waals surface area contributed by atoms with Crippen molar-refractivity contribution in [2.45, 2.75) is 20.8 Å². The summed E-state index contributed by atoms with van der Waals surface area (Å²) >= 11 is 0. The van der Waals surface area contributed by atoms with E-state index in [0.29, 0.717) is 0 Å². The van der Waals surface area contributed by atoms with Crippen molar-refractivity contribution in [1.29, 1.82) is 0 Å². The second kappa shape index (κ2) is 3.58. The van der Waals surface area contributed by atoms with E-state index < -0.39 is 0 Å². The molecular weight excluding hydrogens is 185 g/mol. The SMILES string of the molecule is Cc1cc[c-](C)c1C.[Y+3]. The van der Waals surface area contributed by atoms with Crippen LogP contribution in [-0.2, 0) is 32.7 Å². The first-order valence-electron chi connectivity index (χ1n) is 2.91. The molecule has 0 saturated heterocycles. The van der Waals surface area contributed by atoms with Crippen LogP contribution in [0.3, 0.4) is 0 Å². The van der Waals surface area contributed by atoms with Crippen LogP contribution in [0.5, 0.6) is 0 Å². The smallest absolute Gasteiger partial charge is 0.210 e. The van der Waals surface area contributed by atoms with E-state index in [4.69, 9.17) is 0 Å². The third kappa shape index (κ3) is 1.95. The van der Waals surface area contributed by atoms with Crippen molar-refractivity contribution < 1.29 is 32.7 Å². The Kier molecular flexibility index (Phi) is 3.76. The molecule has 0 spiro atoms. The molecule has 0 fully saturated rings. The zero-order valence-corrected chi connectivity index (χ0v) is 9.07. The molecule has 0 atom stereocenters. The Balaban J connectivity index is 0.000000640. The van der Waals surface area contributed by atoms with Crippen molar-refractivity contribution in [3.8, 4) is 0 Å². The summed E-state index contributed by atoms with van der Waals surface area (Å²) in [5.41, 5.74) is 4.25. The predicted molar refractivity (Wildman–Crippen MR) is 36.2 cm³/mol. The average molecular weight is 196 g/mol. The molecule has 0 unspecified atom stereocenters. The largest absolute Gasteiger partial charge is 3.00 e. The van der Waals surface area contributed by atoms with Gasteiger partial charge in [0.1, 0.15) is 0 Å². The molecule has 1 aromatic rings. The first kappa shape index (κ1) is 9.45. The molecule has 0 aliphatic carbocycles. The zero-order chi connectivity index (χ0) is 6.15. The second-order valence-corrected chi connectivity index (χ2v) is 2.32. The quantitative estimate of drug-likeness (QED) is 0.558. The normalized spacial score (nSPS) is 8.78. The molecule has 9 heavy (non-hydrogen) atoms. The minimum atomic E-state index is 0. The fraction of sp³-hybridized carbons (Fsp3) is 0.375. The minimum Gasteiger partial charge on any atom is -0.210 e. The van der Waals surface area contributed by atoms with Crippen LogP contribution in [0.25, 0.3) is 0 Å². The number of rotatable bonds is 0. The summed E-state index contributed by atoms with van der Waals surface area (Å²) in [4.78, 5) is 0. The molecule has 0 N–H and O–H groups in total. The Hall–Kier alpha value is 0.454. The summed E-state index contributed by atoms with van der Waals surface area (Å²) < 4.78 is 0. The standard InChI is InChI=1S/C8H11.Y/c1-6-4-5-7(2)8(6)3;/h4-5H,1-3H3;/q-1;+3. The van der Waals surface area contributed by atoms with Crippen molar-refractivity contribution in [2.24, 2.45) is 0 Å². The molecule has 0 nitrogen and oxygen atoms in total. The van der Waals surface area contributed by atoms with Gasteiger partial charge in [-0.2, -0.15) is 22.8 Å². The van der Waals surface area contributed by atoms with Crippen molar-refractivity contribution in [3.63, 3.8) is 0 Å². The van der Waals surface area contributed by atoms with Crippen LogP contribution in [0.2, 0.25) is 0 Å². The van der Waals surface area contributed by atoms with Crippen LogP contribution in [-0.4, -0.2) is 0 Å². The third-order valence-corrected chi connectivity index (χ3v) is 1.77. The van der Waals surface area contributed by atoms with E-state index in [2.05, 4.69) is 32.9 Å². The van der Waals surface area contributed by atoms with E-state index in [1.807, 2.05) is 0 Å². The molecule has 1 aromatic carbocycles. The van der Waals surface area contributed by atoms with Gasteiger partial charge in [0.2, 0.25) is 0 Å². The average Bonchev–Trinajstić information content (AvgIpc) is 1.98. The summed E-state index contributed by atoms with van der Waals surface area (Å²) in [6.07, 6.45) is 0. The molecule has 0 radical (unpaired) electrons. The molecular formula is C8H11Y+2. The maximum atomic E-state index is 2.16. The molecule has 44 valence electrons. The Morgan fingerprint density at radius 1 is 1.33 bits per heavy atom. The molecule has 0 aliphatic heterocycles. The summed E-state index contributed by atoms with van der Waals surface area (Å²) in [5.74, 6) is 0. The van der Waals surface area contributed by atoms with Crippen molar-refractivity contribution in [2.75, 3.05) is 0 Å². The van der Waals surface area contributed by atoms with Gasteiger partial charge in [-0.25, -0.2) is 6.07 Å². The van der Waals surface area contributed by atoms with Crippen molar-refractivity contribution in [1.82, 2.24) is 0 Å². The van der Waals surface area contributed by atoms with Crippen molar-refractivity contribution in [3.05, 3.63) is 28.8 Å². The Bertz CT molecular complexity index is 167. The molecule has 0 aliphatic rings. The molecule has 0 aromatic heterocycles. The van der Waals surface area contributed by atoms with Gasteiger partial charge in [0.05, 0.1) is 0 Å². The fourth-order valence-corrected chi connectivity index (χ4v) is 0.811. The molecule has 0 bridgehead atoms. The topological polar surface area (TPSA) is 0 Å². The Morgan fingerprint density at radius 2 is 1.89 bits per heavy atom. The zero-order valence-electron chi connectivity index (χ0n) is 6.23. The molecule has 0 amide bonds. The minimum absolute atomic E-state index is 0. The van der Waals surface area contributed by atoms with Gasteiger partial charge in [-0.1, -0.05) is 20.8 Å². The summed E-state index contributed by atoms with van der Waals surface area (Å²) in [6.45, 7) is 6.44. The van der Waals surface area contributed by atoms with Crippen LogP contribution >= 0.6 is 0 Å². The monoisotopic (exact) mass is 196 g/mol. The summed E-state index contributed by atoms with van der Waals surface area (Å²) in [6, 6.07) is 4.31. The van der Waals surface area contributed by atoms with E-state index in [-0.39, 0.29) is 32.7 Å². The van der Waals surface area contributed by atoms with Gasteiger partial charge in [-0.3, -0.25) is 0 Å². The first-order chi connectivity index (χ1) is 3.72. The van der Waals surface area contributed by atoms with E-state index in [1.165, 1.54) is 16.7 Å². The maximum Gasteiger partial charge on any atom is 3.00 e. The Morgan fingerprint density at radius 3 is 2.00 bits per heavy atom. The van der Waals surface area contributed by atoms with Crippen LogP contribution in [0.4, 0.5) is 0 Å². The number of aryl methyl sites for hydroxylation is 2. The van der Waals surface area contributed by atoms with Crippen LogP contribution < -0.4 is 0 Å². The van der Waals surface area contributed by atoms with Gasteiger partial charge >= 0.3 is 32.7 Å².